The number of aryl methyl sites for hydroxylation is 1. The van der Waals surface area contributed by atoms with E-state index in [2.05, 4.69) is 72.7 Å². The van der Waals surface area contributed by atoms with Crippen molar-refractivity contribution in [2.75, 3.05) is 25.0 Å². The molecule has 1 aliphatic heterocycles. The predicted molar refractivity (Wildman–Crippen MR) is 127 cm³/mol. The third kappa shape index (κ3) is 4.76. The van der Waals surface area contributed by atoms with E-state index in [4.69, 9.17) is 4.98 Å². The molecule has 1 aromatic carbocycles. The Morgan fingerprint density at radius 3 is 2.45 bits per heavy atom. The Morgan fingerprint density at radius 1 is 1.06 bits per heavy atom. The summed E-state index contributed by atoms with van der Waals surface area (Å²) in [7, 11) is 1.89. The van der Waals surface area contributed by atoms with Gasteiger partial charge >= 0.3 is 0 Å². The molecule has 1 amide bonds. The second kappa shape index (κ2) is 9.13. The Morgan fingerprint density at radius 2 is 1.77 bits per heavy atom. The highest BCUT2D eigenvalue weighted by Gasteiger charge is 2.19. The minimum atomic E-state index is 0.170. The van der Waals surface area contributed by atoms with Crippen molar-refractivity contribution in [2.24, 2.45) is 5.92 Å². The van der Waals surface area contributed by atoms with Gasteiger partial charge in [-0.1, -0.05) is 32.0 Å². The van der Waals surface area contributed by atoms with Gasteiger partial charge in [-0.3, -0.25) is 4.79 Å². The fourth-order valence-corrected chi connectivity index (χ4v) is 4.38. The zero-order chi connectivity index (χ0) is 22.0. The van der Waals surface area contributed by atoms with Crippen LogP contribution in [0.2, 0.25) is 0 Å². The molecule has 0 unspecified atom stereocenters. The third-order valence-electron chi connectivity index (χ3n) is 6.12. The highest BCUT2D eigenvalue weighted by atomic mass is 16.2. The molecule has 1 fully saturated rings. The van der Waals surface area contributed by atoms with Crippen molar-refractivity contribution < 1.29 is 4.79 Å². The van der Waals surface area contributed by atoms with Crippen molar-refractivity contribution in [3.05, 3.63) is 53.9 Å². The third-order valence-corrected chi connectivity index (χ3v) is 6.12. The number of anilines is 1. The first-order valence-electron chi connectivity index (χ1n) is 11.5. The van der Waals surface area contributed by atoms with E-state index in [1.807, 2.05) is 11.9 Å². The van der Waals surface area contributed by atoms with Gasteiger partial charge in [-0.05, 0) is 55.9 Å². The largest absolute Gasteiger partial charge is 0.372 e. The number of aromatic nitrogens is 2. The van der Waals surface area contributed by atoms with E-state index in [0.717, 1.165) is 35.7 Å². The monoisotopic (exact) mass is 418 g/mol. The topological polar surface area (TPSA) is 40.9 Å². The van der Waals surface area contributed by atoms with E-state index < -0.39 is 0 Å². The Balaban J connectivity index is 1.68. The summed E-state index contributed by atoms with van der Waals surface area (Å²) in [4.78, 5) is 21.9. The average Bonchev–Trinajstić information content (AvgIpc) is 3.11. The molecule has 3 heterocycles. The Labute approximate surface area is 185 Å². The number of rotatable bonds is 6. The summed E-state index contributed by atoms with van der Waals surface area (Å²) >= 11 is 0. The van der Waals surface area contributed by atoms with Crippen LogP contribution in [0.1, 0.15) is 50.8 Å². The summed E-state index contributed by atoms with van der Waals surface area (Å²) in [5.74, 6) is 0.519. The molecule has 31 heavy (non-hydrogen) atoms. The van der Waals surface area contributed by atoms with Gasteiger partial charge in [-0.15, -0.1) is 0 Å². The number of imidazole rings is 1. The molecular weight excluding hydrogens is 384 g/mol. The molecule has 0 radical (unpaired) electrons. The number of fused-ring (bicyclic) bond motifs is 1. The average molecular weight is 419 g/mol. The number of piperidine rings is 1. The van der Waals surface area contributed by atoms with Gasteiger partial charge in [0.1, 0.15) is 5.65 Å². The highest BCUT2D eigenvalue weighted by molar-refractivity contribution is 5.77. The Bertz CT molecular complexity index is 1050. The van der Waals surface area contributed by atoms with Gasteiger partial charge < -0.3 is 14.2 Å². The van der Waals surface area contributed by atoms with Gasteiger partial charge in [0.2, 0.25) is 5.91 Å². The molecule has 5 nitrogen and oxygen atoms in total. The maximum atomic E-state index is 12.6. The second-order valence-corrected chi connectivity index (χ2v) is 9.28. The summed E-state index contributed by atoms with van der Waals surface area (Å²) in [5, 5.41) is 0. The van der Waals surface area contributed by atoms with E-state index in [0.29, 0.717) is 18.9 Å². The van der Waals surface area contributed by atoms with Gasteiger partial charge in [0.25, 0.3) is 0 Å². The fraction of sp³-hybridized carbons (Fsp3) is 0.462. The van der Waals surface area contributed by atoms with E-state index in [1.165, 1.54) is 30.5 Å². The van der Waals surface area contributed by atoms with Crippen molar-refractivity contribution >= 4 is 17.2 Å². The summed E-state index contributed by atoms with van der Waals surface area (Å²) in [5.41, 5.74) is 6.49. The van der Waals surface area contributed by atoms with Crippen LogP contribution in [0.5, 0.6) is 0 Å². The van der Waals surface area contributed by atoms with E-state index in [1.54, 1.807) is 0 Å². The zero-order valence-electron chi connectivity index (χ0n) is 19.3. The number of carbonyl (C=O) groups is 1. The van der Waals surface area contributed by atoms with Crippen LogP contribution in [0.15, 0.2) is 42.6 Å². The standard InChI is InChI=1S/C26H34N4O/c1-19(2)16-25(31)28(4)18-23-26(27-24-13-8-20(3)17-30(23)24)21-9-11-22(12-10-21)29-14-6-5-7-15-29/h8-13,17,19H,5-7,14-16,18H2,1-4H3. The summed E-state index contributed by atoms with van der Waals surface area (Å²) in [6.45, 7) is 9.07. The van der Waals surface area contributed by atoms with Gasteiger partial charge in [0, 0.05) is 44.0 Å². The van der Waals surface area contributed by atoms with Crippen molar-refractivity contribution in [2.45, 2.75) is 53.0 Å². The Hall–Kier alpha value is -2.82. The van der Waals surface area contributed by atoms with Gasteiger partial charge in [-0.25, -0.2) is 4.98 Å². The SMILES string of the molecule is Cc1ccc2nc(-c3ccc(N4CCCCC4)cc3)c(CN(C)C(=O)CC(C)C)n2c1. The van der Waals surface area contributed by atoms with Gasteiger partial charge in [-0.2, -0.15) is 0 Å². The molecule has 5 heteroatoms. The normalized spacial score (nSPS) is 14.4. The second-order valence-electron chi connectivity index (χ2n) is 9.28. The van der Waals surface area contributed by atoms with Crippen molar-refractivity contribution in [1.29, 1.82) is 0 Å². The van der Waals surface area contributed by atoms with Crippen LogP contribution in [-0.4, -0.2) is 40.3 Å². The maximum Gasteiger partial charge on any atom is 0.222 e. The van der Waals surface area contributed by atoms with Crippen LogP contribution in [0.3, 0.4) is 0 Å². The van der Waals surface area contributed by atoms with Gasteiger partial charge in [0.05, 0.1) is 17.9 Å². The van der Waals surface area contributed by atoms with E-state index >= 15 is 0 Å². The molecule has 2 aromatic heterocycles. The molecule has 164 valence electrons. The molecule has 0 saturated carbocycles. The number of benzene rings is 1. The Kier molecular flexibility index (Phi) is 6.30. The smallest absolute Gasteiger partial charge is 0.222 e. The van der Waals surface area contributed by atoms with E-state index in [9.17, 15) is 4.79 Å². The molecule has 1 aliphatic rings. The maximum absolute atomic E-state index is 12.6. The lowest BCUT2D eigenvalue weighted by Gasteiger charge is -2.28. The van der Waals surface area contributed by atoms with Crippen LogP contribution in [0.4, 0.5) is 5.69 Å². The number of pyridine rings is 1. The predicted octanol–water partition coefficient (Wildman–Crippen LogP) is 5.30. The molecule has 0 spiro atoms. The van der Waals surface area contributed by atoms with Crippen LogP contribution in [0, 0.1) is 12.8 Å². The minimum Gasteiger partial charge on any atom is -0.372 e. The zero-order valence-corrected chi connectivity index (χ0v) is 19.3. The first-order valence-corrected chi connectivity index (χ1v) is 11.5. The summed E-state index contributed by atoms with van der Waals surface area (Å²) in [6, 6.07) is 12.9. The molecule has 3 aromatic rings. The minimum absolute atomic E-state index is 0.170. The first kappa shape index (κ1) is 21.4. The number of hydrogen-bond acceptors (Lipinski definition) is 3. The van der Waals surface area contributed by atoms with Crippen LogP contribution < -0.4 is 4.90 Å². The summed E-state index contributed by atoms with van der Waals surface area (Å²) in [6.07, 6.45) is 6.56. The van der Waals surface area contributed by atoms with Crippen molar-refractivity contribution in [3.63, 3.8) is 0 Å². The molecular formula is C26H34N4O. The van der Waals surface area contributed by atoms with Crippen LogP contribution >= 0.6 is 0 Å². The lowest BCUT2D eigenvalue weighted by Crippen LogP contribution is -2.29. The number of hydrogen-bond donors (Lipinski definition) is 0. The fourth-order valence-electron chi connectivity index (χ4n) is 4.38. The highest BCUT2D eigenvalue weighted by Crippen LogP contribution is 2.29. The van der Waals surface area contributed by atoms with Crippen LogP contribution in [0.25, 0.3) is 16.9 Å². The molecule has 0 atom stereocenters. The lowest BCUT2D eigenvalue weighted by molar-refractivity contribution is -0.131. The first-order chi connectivity index (χ1) is 14.9. The molecule has 0 bridgehead atoms. The summed E-state index contributed by atoms with van der Waals surface area (Å²) < 4.78 is 2.14. The number of carbonyl (C=O) groups excluding carboxylic acids is 1. The molecule has 1 saturated heterocycles. The van der Waals surface area contributed by atoms with Crippen molar-refractivity contribution in [1.82, 2.24) is 14.3 Å². The van der Waals surface area contributed by atoms with Crippen molar-refractivity contribution in [3.8, 4) is 11.3 Å². The van der Waals surface area contributed by atoms with Gasteiger partial charge in [0.15, 0.2) is 0 Å². The number of amides is 1. The molecule has 4 rings (SSSR count). The molecule has 0 aliphatic carbocycles. The number of nitrogens with zero attached hydrogens (tertiary/aromatic N) is 4. The van der Waals surface area contributed by atoms with Crippen LogP contribution in [-0.2, 0) is 11.3 Å². The molecule has 0 N–H and O–H groups in total. The quantitative estimate of drug-likeness (QED) is 0.545. The van der Waals surface area contributed by atoms with E-state index in [-0.39, 0.29) is 5.91 Å². The lowest BCUT2D eigenvalue weighted by atomic mass is 10.1.